The fraction of sp³-hybridized carbons (Fsp3) is 0.600. The summed E-state index contributed by atoms with van der Waals surface area (Å²) in [5.41, 5.74) is 2.74. The average molecular weight is 296 g/mol. The SMILES string of the molecule is CCNS(=O)(=O)CCNC1CCCCc2ccccc21. The van der Waals surface area contributed by atoms with E-state index in [0.717, 1.165) is 12.8 Å². The summed E-state index contributed by atoms with van der Waals surface area (Å²) in [7, 11) is -3.13. The van der Waals surface area contributed by atoms with Crippen LogP contribution in [0.4, 0.5) is 0 Å². The molecule has 4 nitrogen and oxygen atoms in total. The molecule has 0 aliphatic heterocycles. The number of benzene rings is 1. The molecule has 5 heteroatoms. The van der Waals surface area contributed by atoms with Gasteiger partial charge in [0, 0.05) is 19.1 Å². The highest BCUT2D eigenvalue weighted by atomic mass is 32.2. The quantitative estimate of drug-likeness (QED) is 0.789. The number of aryl methyl sites for hydroxylation is 1. The smallest absolute Gasteiger partial charge is 0.212 e. The van der Waals surface area contributed by atoms with E-state index in [2.05, 4.69) is 34.3 Å². The molecule has 1 aliphatic rings. The second-order valence-electron chi connectivity index (χ2n) is 5.27. The Labute approximate surface area is 122 Å². The first-order chi connectivity index (χ1) is 9.62. The van der Waals surface area contributed by atoms with E-state index < -0.39 is 10.0 Å². The Morgan fingerprint density at radius 1 is 1.25 bits per heavy atom. The van der Waals surface area contributed by atoms with Crippen molar-refractivity contribution in [2.24, 2.45) is 0 Å². The van der Waals surface area contributed by atoms with Gasteiger partial charge in [-0.1, -0.05) is 37.6 Å². The highest BCUT2D eigenvalue weighted by Gasteiger charge is 2.18. The molecular formula is C15H24N2O2S. The van der Waals surface area contributed by atoms with Crippen LogP contribution < -0.4 is 10.0 Å². The minimum Gasteiger partial charge on any atom is -0.309 e. The van der Waals surface area contributed by atoms with Crippen LogP contribution in [0.15, 0.2) is 24.3 Å². The molecule has 1 atom stereocenters. The van der Waals surface area contributed by atoms with Crippen LogP contribution in [0.3, 0.4) is 0 Å². The molecule has 0 saturated heterocycles. The number of nitrogens with one attached hydrogen (secondary N) is 2. The molecule has 0 spiro atoms. The van der Waals surface area contributed by atoms with Gasteiger partial charge in [-0.05, 0) is 30.4 Å². The number of hydrogen-bond acceptors (Lipinski definition) is 3. The van der Waals surface area contributed by atoms with Crippen molar-refractivity contribution in [1.29, 1.82) is 0 Å². The summed E-state index contributed by atoms with van der Waals surface area (Å²) in [4.78, 5) is 0. The number of hydrogen-bond donors (Lipinski definition) is 2. The van der Waals surface area contributed by atoms with Crippen molar-refractivity contribution in [2.75, 3.05) is 18.8 Å². The molecule has 1 aromatic carbocycles. The molecular weight excluding hydrogens is 272 g/mol. The highest BCUT2D eigenvalue weighted by Crippen LogP contribution is 2.28. The van der Waals surface area contributed by atoms with Gasteiger partial charge in [-0.2, -0.15) is 0 Å². The maximum absolute atomic E-state index is 11.6. The maximum Gasteiger partial charge on any atom is 0.212 e. The summed E-state index contributed by atoms with van der Waals surface area (Å²) < 4.78 is 25.8. The summed E-state index contributed by atoms with van der Waals surface area (Å²) in [6.07, 6.45) is 4.61. The molecule has 0 fully saturated rings. The monoisotopic (exact) mass is 296 g/mol. The zero-order chi connectivity index (χ0) is 14.4. The van der Waals surface area contributed by atoms with Gasteiger partial charge in [-0.15, -0.1) is 0 Å². The van der Waals surface area contributed by atoms with E-state index in [4.69, 9.17) is 0 Å². The van der Waals surface area contributed by atoms with Crippen LogP contribution in [0.25, 0.3) is 0 Å². The third-order valence-corrected chi connectivity index (χ3v) is 5.22. The van der Waals surface area contributed by atoms with Crippen LogP contribution in [0.5, 0.6) is 0 Å². The minimum atomic E-state index is -3.13. The van der Waals surface area contributed by atoms with Crippen LogP contribution in [0, 0.1) is 0 Å². The maximum atomic E-state index is 11.6. The van der Waals surface area contributed by atoms with Gasteiger partial charge in [0.2, 0.25) is 10.0 Å². The lowest BCUT2D eigenvalue weighted by Crippen LogP contribution is -2.33. The Bertz CT molecular complexity index is 528. The lowest BCUT2D eigenvalue weighted by Gasteiger charge is -2.19. The molecule has 0 amide bonds. The van der Waals surface area contributed by atoms with Crippen LogP contribution in [0.2, 0.25) is 0 Å². The summed E-state index contributed by atoms with van der Waals surface area (Å²) in [6, 6.07) is 8.78. The third-order valence-electron chi connectivity index (χ3n) is 3.75. The Morgan fingerprint density at radius 3 is 2.85 bits per heavy atom. The Kier molecular flexibility index (Phi) is 5.57. The van der Waals surface area contributed by atoms with Gasteiger partial charge in [0.15, 0.2) is 0 Å². The van der Waals surface area contributed by atoms with E-state index >= 15 is 0 Å². The molecule has 0 bridgehead atoms. The van der Waals surface area contributed by atoms with Crippen LogP contribution >= 0.6 is 0 Å². The van der Waals surface area contributed by atoms with Gasteiger partial charge in [-0.3, -0.25) is 0 Å². The molecule has 112 valence electrons. The molecule has 20 heavy (non-hydrogen) atoms. The Hall–Kier alpha value is -0.910. The van der Waals surface area contributed by atoms with Crippen LogP contribution in [-0.2, 0) is 16.4 Å². The lowest BCUT2D eigenvalue weighted by atomic mass is 9.99. The number of rotatable bonds is 6. The largest absolute Gasteiger partial charge is 0.309 e. The molecule has 1 aliphatic carbocycles. The van der Waals surface area contributed by atoms with E-state index in [9.17, 15) is 8.42 Å². The third kappa shape index (κ3) is 4.30. The van der Waals surface area contributed by atoms with Crippen molar-refractivity contribution in [3.63, 3.8) is 0 Å². The summed E-state index contributed by atoms with van der Waals surface area (Å²) in [5.74, 6) is 0.138. The van der Waals surface area contributed by atoms with E-state index in [1.807, 2.05) is 0 Å². The lowest BCUT2D eigenvalue weighted by molar-refractivity contribution is 0.500. The van der Waals surface area contributed by atoms with Crippen LogP contribution in [-0.4, -0.2) is 27.3 Å². The predicted molar refractivity (Wildman–Crippen MR) is 82.2 cm³/mol. The molecule has 1 unspecified atom stereocenters. The first-order valence-corrected chi connectivity index (χ1v) is 9.06. The molecule has 2 rings (SSSR count). The van der Waals surface area contributed by atoms with E-state index in [1.54, 1.807) is 6.92 Å². The topological polar surface area (TPSA) is 58.2 Å². The summed E-state index contributed by atoms with van der Waals surface area (Å²) >= 11 is 0. The standard InChI is InChI=1S/C15H24N2O2S/c1-2-17-20(18,19)12-11-16-15-10-6-4-8-13-7-3-5-9-14(13)15/h3,5,7,9,15-17H,2,4,6,8,10-12H2,1H3. The van der Waals surface area contributed by atoms with Crippen molar-refractivity contribution in [3.05, 3.63) is 35.4 Å². The number of fused-ring (bicyclic) bond motifs is 1. The fourth-order valence-electron chi connectivity index (χ4n) is 2.79. The van der Waals surface area contributed by atoms with Crippen LogP contribution in [0.1, 0.15) is 43.4 Å². The molecule has 0 aromatic heterocycles. The minimum absolute atomic E-state index is 0.138. The number of sulfonamides is 1. The predicted octanol–water partition coefficient (Wildman–Crippen LogP) is 1.98. The van der Waals surface area contributed by atoms with Gasteiger partial charge < -0.3 is 5.32 Å². The molecule has 2 N–H and O–H groups in total. The first kappa shape index (κ1) is 15.5. The molecule has 0 saturated carbocycles. The summed E-state index contributed by atoms with van der Waals surface area (Å²) in [5, 5.41) is 3.41. The zero-order valence-electron chi connectivity index (χ0n) is 12.1. The van der Waals surface area contributed by atoms with E-state index in [-0.39, 0.29) is 11.8 Å². The molecule has 0 heterocycles. The van der Waals surface area contributed by atoms with Crippen molar-refractivity contribution in [2.45, 2.75) is 38.6 Å². The van der Waals surface area contributed by atoms with E-state index in [0.29, 0.717) is 13.1 Å². The second-order valence-corrected chi connectivity index (χ2v) is 7.19. The second kappa shape index (κ2) is 7.20. The van der Waals surface area contributed by atoms with Crippen molar-refractivity contribution in [1.82, 2.24) is 10.0 Å². The normalized spacial score (nSPS) is 19.4. The van der Waals surface area contributed by atoms with Crippen molar-refractivity contribution >= 4 is 10.0 Å². The molecule has 1 aromatic rings. The summed E-state index contributed by atoms with van der Waals surface area (Å²) in [6.45, 7) is 2.75. The van der Waals surface area contributed by atoms with Crippen molar-refractivity contribution < 1.29 is 8.42 Å². The Balaban J connectivity index is 1.96. The van der Waals surface area contributed by atoms with Gasteiger partial charge in [-0.25, -0.2) is 13.1 Å². The average Bonchev–Trinajstić information content (AvgIpc) is 2.61. The Morgan fingerprint density at radius 2 is 2.05 bits per heavy atom. The fourth-order valence-corrected chi connectivity index (χ4v) is 3.76. The van der Waals surface area contributed by atoms with Gasteiger partial charge in [0.1, 0.15) is 0 Å². The first-order valence-electron chi connectivity index (χ1n) is 7.41. The zero-order valence-corrected chi connectivity index (χ0v) is 12.9. The van der Waals surface area contributed by atoms with Gasteiger partial charge >= 0.3 is 0 Å². The van der Waals surface area contributed by atoms with Gasteiger partial charge in [0.05, 0.1) is 5.75 Å². The van der Waals surface area contributed by atoms with E-state index in [1.165, 1.54) is 24.0 Å². The highest BCUT2D eigenvalue weighted by molar-refractivity contribution is 7.89. The van der Waals surface area contributed by atoms with Gasteiger partial charge in [0.25, 0.3) is 0 Å². The van der Waals surface area contributed by atoms with Crippen molar-refractivity contribution in [3.8, 4) is 0 Å². The molecule has 0 radical (unpaired) electrons.